The van der Waals surface area contributed by atoms with Crippen molar-refractivity contribution in [1.82, 2.24) is 4.98 Å². The first-order valence-electron chi connectivity index (χ1n) is 6.78. The van der Waals surface area contributed by atoms with E-state index in [1.165, 1.54) is 12.6 Å². The minimum absolute atomic E-state index is 0.000592. The molecule has 1 aliphatic rings. The second-order valence-corrected chi connectivity index (χ2v) is 6.41. The molecule has 2 rings (SSSR count). The highest BCUT2D eigenvalue weighted by atomic mass is 16.5. The van der Waals surface area contributed by atoms with Crippen LogP contribution in [-0.2, 0) is 4.74 Å². The van der Waals surface area contributed by atoms with Crippen LogP contribution in [0.4, 0.5) is 5.82 Å². The van der Waals surface area contributed by atoms with Gasteiger partial charge in [0, 0.05) is 6.20 Å². The number of nitrogens with two attached hydrogens (primary N) is 1. The number of hydrogen-bond donors (Lipinski definition) is 1. The zero-order chi connectivity index (χ0) is 14.0. The van der Waals surface area contributed by atoms with Gasteiger partial charge < -0.3 is 10.5 Å². The molecule has 0 aliphatic heterocycles. The predicted octanol–water partition coefficient (Wildman–Crippen LogP) is 3.04. The van der Waals surface area contributed by atoms with Gasteiger partial charge >= 0.3 is 5.97 Å². The van der Waals surface area contributed by atoms with E-state index in [1.807, 2.05) is 0 Å². The number of carbonyl (C=O) groups excluding carboxylic acids is 1. The predicted molar refractivity (Wildman–Crippen MR) is 74.6 cm³/mol. The van der Waals surface area contributed by atoms with Crippen LogP contribution in [0.15, 0.2) is 18.3 Å². The van der Waals surface area contributed by atoms with Crippen LogP contribution in [0.2, 0.25) is 0 Å². The lowest BCUT2D eigenvalue weighted by Crippen LogP contribution is -2.34. The average Bonchev–Trinajstić information content (AvgIpc) is 2.25. The van der Waals surface area contributed by atoms with Gasteiger partial charge in [-0.1, -0.05) is 20.8 Å². The lowest BCUT2D eigenvalue weighted by atomic mass is 9.71. The van der Waals surface area contributed by atoms with Gasteiger partial charge in [0.25, 0.3) is 0 Å². The molecule has 1 aliphatic carbocycles. The smallest absolute Gasteiger partial charge is 0.338 e. The number of esters is 1. The molecular weight excluding hydrogens is 240 g/mol. The van der Waals surface area contributed by atoms with Gasteiger partial charge in [0.05, 0.1) is 5.56 Å². The highest BCUT2D eigenvalue weighted by Crippen LogP contribution is 2.39. The molecule has 1 saturated carbocycles. The van der Waals surface area contributed by atoms with Crippen molar-refractivity contribution in [3.8, 4) is 0 Å². The molecule has 4 heteroatoms. The van der Waals surface area contributed by atoms with E-state index in [0.717, 1.165) is 12.8 Å². The second-order valence-electron chi connectivity index (χ2n) is 6.41. The third-order valence-corrected chi connectivity index (χ3v) is 3.64. The number of nitrogens with zero attached hydrogens (tertiary/aromatic N) is 1. The largest absolute Gasteiger partial charge is 0.459 e. The minimum Gasteiger partial charge on any atom is -0.459 e. The Labute approximate surface area is 114 Å². The molecule has 2 atom stereocenters. The Hall–Kier alpha value is -1.58. The fraction of sp³-hybridized carbons (Fsp3) is 0.600. The summed E-state index contributed by atoms with van der Waals surface area (Å²) >= 11 is 0. The summed E-state index contributed by atoms with van der Waals surface area (Å²) in [5.41, 5.74) is 6.29. The molecule has 19 heavy (non-hydrogen) atoms. The van der Waals surface area contributed by atoms with Gasteiger partial charge in [-0.3, -0.25) is 0 Å². The number of pyridine rings is 1. The van der Waals surface area contributed by atoms with Crippen molar-refractivity contribution < 1.29 is 9.53 Å². The number of carbonyl (C=O) groups is 1. The normalized spacial score (nSPS) is 25.8. The van der Waals surface area contributed by atoms with Crippen molar-refractivity contribution in [3.05, 3.63) is 23.9 Å². The number of hydrogen-bond acceptors (Lipinski definition) is 4. The third kappa shape index (κ3) is 3.69. The summed E-state index contributed by atoms with van der Waals surface area (Å²) in [6.07, 6.45) is 4.57. The maximum absolute atomic E-state index is 12.1. The first-order valence-corrected chi connectivity index (χ1v) is 6.78. The van der Waals surface area contributed by atoms with Crippen molar-refractivity contribution in [1.29, 1.82) is 0 Å². The molecule has 0 amide bonds. The summed E-state index contributed by atoms with van der Waals surface area (Å²) in [5.74, 6) is 0.625. The summed E-state index contributed by atoms with van der Waals surface area (Å²) in [5, 5.41) is 0. The summed E-state index contributed by atoms with van der Waals surface area (Å²) in [6, 6.07) is 3.19. The van der Waals surface area contributed by atoms with E-state index in [9.17, 15) is 4.79 Å². The number of aromatic nitrogens is 1. The van der Waals surface area contributed by atoms with E-state index in [1.54, 1.807) is 12.1 Å². The maximum Gasteiger partial charge on any atom is 0.338 e. The van der Waals surface area contributed by atoms with Gasteiger partial charge in [-0.05, 0) is 42.7 Å². The second kappa shape index (κ2) is 5.19. The molecule has 1 heterocycles. The maximum atomic E-state index is 12.1. The van der Waals surface area contributed by atoms with Crippen molar-refractivity contribution in [2.24, 2.45) is 11.3 Å². The first kappa shape index (κ1) is 13.8. The zero-order valence-corrected chi connectivity index (χ0v) is 11.8. The van der Waals surface area contributed by atoms with Crippen LogP contribution < -0.4 is 5.73 Å². The molecule has 0 saturated heterocycles. The molecule has 2 N–H and O–H groups in total. The van der Waals surface area contributed by atoms with Gasteiger partial charge in [0.15, 0.2) is 0 Å². The highest BCUT2D eigenvalue weighted by Gasteiger charge is 2.34. The molecule has 0 spiro atoms. The Bertz CT molecular complexity index is 471. The molecule has 1 fully saturated rings. The van der Waals surface area contributed by atoms with E-state index in [-0.39, 0.29) is 17.5 Å². The quantitative estimate of drug-likeness (QED) is 0.832. The summed E-state index contributed by atoms with van der Waals surface area (Å²) < 4.78 is 5.62. The summed E-state index contributed by atoms with van der Waals surface area (Å²) in [7, 11) is 0. The van der Waals surface area contributed by atoms with Crippen LogP contribution in [-0.4, -0.2) is 17.1 Å². The average molecular weight is 262 g/mol. The van der Waals surface area contributed by atoms with E-state index in [2.05, 4.69) is 25.8 Å². The number of nitrogen functional groups attached to an aromatic ring is 1. The van der Waals surface area contributed by atoms with Gasteiger partial charge in [-0.2, -0.15) is 0 Å². The van der Waals surface area contributed by atoms with Gasteiger partial charge in [-0.25, -0.2) is 9.78 Å². The molecule has 0 radical (unpaired) electrons. The standard InChI is InChI=1S/C15H22N2O2/c1-10-6-12(9-15(2,3)8-10)19-14(18)11-4-5-17-13(16)7-11/h4-5,7,10,12H,6,8-9H2,1-3H3,(H2,16,17). The zero-order valence-electron chi connectivity index (χ0n) is 11.8. The van der Waals surface area contributed by atoms with Crippen LogP contribution in [0.1, 0.15) is 50.4 Å². The monoisotopic (exact) mass is 262 g/mol. The van der Waals surface area contributed by atoms with Crippen LogP contribution in [0.25, 0.3) is 0 Å². The Kier molecular flexibility index (Phi) is 3.78. The van der Waals surface area contributed by atoms with Crippen molar-refractivity contribution in [2.75, 3.05) is 5.73 Å². The van der Waals surface area contributed by atoms with Crippen LogP contribution in [0.3, 0.4) is 0 Å². The Balaban J connectivity index is 2.03. The van der Waals surface area contributed by atoms with Crippen LogP contribution in [0.5, 0.6) is 0 Å². The van der Waals surface area contributed by atoms with Crippen molar-refractivity contribution in [3.63, 3.8) is 0 Å². The van der Waals surface area contributed by atoms with Crippen molar-refractivity contribution >= 4 is 11.8 Å². The SMILES string of the molecule is CC1CC(OC(=O)c2ccnc(N)c2)CC(C)(C)C1. The fourth-order valence-electron chi connectivity index (χ4n) is 3.14. The molecule has 4 nitrogen and oxygen atoms in total. The Morgan fingerprint density at radius 3 is 2.84 bits per heavy atom. The van der Waals surface area contributed by atoms with Gasteiger partial charge in [0.1, 0.15) is 11.9 Å². The molecule has 2 unspecified atom stereocenters. The molecule has 104 valence electrons. The third-order valence-electron chi connectivity index (χ3n) is 3.64. The lowest BCUT2D eigenvalue weighted by molar-refractivity contribution is -0.00715. The van der Waals surface area contributed by atoms with E-state index in [0.29, 0.717) is 17.3 Å². The van der Waals surface area contributed by atoms with Gasteiger partial charge in [-0.15, -0.1) is 0 Å². The van der Waals surface area contributed by atoms with E-state index < -0.39 is 0 Å². The Morgan fingerprint density at radius 2 is 2.21 bits per heavy atom. The summed E-state index contributed by atoms with van der Waals surface area (Å²) in [4.78, 5) is 16.0. The first-order chi connectivity index (χ1) is 8.85. The van der Waals surface area contributed by atoms with E-state index >= 15 is 0 Å². The topological polar surface area (TPSA) is 65.2 Å². The molecule has 1 aromatic rings. The highest BCUT2D eigenvalue weighted by molar-refractivity contribution is 5.90. The molecule has 0 aromatic carbocycles. The number of anilines is 1. The Morgan fingerprint density at radius 1 is 1.47 bits per heavy atom. The fourth-order valence-corrected chi connectivity index (χ4v) is 3.14. The van der Waals surface area contributed by atoms with Crippen LogP contribution in [0, 0.1) is 11.3 Å². The van der Waals surface area contributed by atoms with Crippen molar-refractivity contribution in [2.45, 2.75) is 46.1 Å². The molecule has 1 aromatic heterocycles. The minimum atomic E-state index is -0.302. The molecular formula is C15H22N2O2. The van der Waals surface area contributed by atoms with Gasteiger partial charge in [0.2, 0.25) is 0 Å². The molecule has 0 bridgehead atoms. The lowest BCUT2D eigenvalue weighted by Gasteiger charge is -2.38. The number of ether oxygens (including phenoxy) is 1. The number of rotatable bonds is 2. The summed E-state index contributed by atoms with van der Waals surface area (Å²) in [6.45, 7) is 6.67. The van der Waals surface area contributed by atoms with Crippen LogP contribution >= 0.6 is 0 Å². The van der Waals surface area contributed by atoms with E-state index in [4.69, 9.17) is 10.5 Å².